The number of nitrogens with zero attached hydrogens (tertiary/aromatic N) is 2. The van der Waals surface area contributed by atoms with Crippen molar-refractivity contribution >= 4 is 0 Å². The molecular weight excluding hydrogens is 262 g/mol. The van der Waals surface area contributed by atoms with Crippen LogP contribution >= 0.6 is 0 Å². The third-order valence-electron chi connectivity index (χ3n) is 4.03. The number of likely N-dealkylation sites (tertiary alicyclic amines) is 1. The van der Waals surface area contributed by atoms with Gasteiger partial charge in [-0.1, -0.05) is 13.3 Å². The molecule has 2 rings (SSSR count). The number of pyridine rings is 1. The van der Waals surface area contributed by atoms with E-state index in [1.807, 2.05) is 12.3 Å². The van der Waals surface area contributed by atoms with E-state index >= 15 is 0 Å². The van der Waals surface area contributed by atoms with Crippen molar-refractivity contribution in [1.29, 1.82) is 0 Å². The predicted octanol–water partition coefficient (Wildman–Crippen LogP) is 3.01. The first-order chi connectivity index (χ1) is 10.3. The summed E-state index contributed by atoms with van der Waals surface area (Å²) < 4.78 is 5.80. The maximum absolute atomic E-state index is 5.80. The van der Waals surface area contributed by atoms with Gasteiger partial charge in [0.25, 0.3) is 0 Å². The van der Waals surface area contributed by atoms with Crippen molar-refractivity contribution in [2.24, 2.45) is 0 Å². The van der Waals surface area contributed by atoms with E-state index in [1.165, 1.54) is 32.4 Å². The number of piperidine rings is 1. The van der Waals surface area contributed by atoms with Crippen molar-refractivity contribution in [2.75, 3.05) is 32.8 Å². The fourth-order valence-electron chi connectivity index (χ4n) is 2.67. The first-order valence-electron chi connectivity index (χ1n) is 8.34. The lowest BCUT2D eigenvalue weighted by Gasteiger charge is -2.26. The van der Waals surface area contributed by atoms with Gasteiger partial charge in [-0.2, -0.15) is 0 Å². The maximum atomic E-state index is 5.80. The summed E-state index contributed by atoms with van der Waals surface area (Å²) in [5, 5.41) is 3.44. The molecule has 0 bridgehead atoms. The number of hydrogen-bond acceptors (Lipinski definition) is 4. The van der Waals surface area contributed by atoms with E-state index in [9.17, 15) is 0 Å². The van der Waals surface area contributed by atoms with Gasteiger partial charge in [-0.25, -0.2) is 0 Å². The molecule has 1 N–H and O–H groups in total. The molecule has 1 aromatic heterocycles. The Bertz CT molecular complexity index is 388. The molecule has 1 aliphatic heterocycles. The van der Waals surface area contributed by atoms with Crippen LogP contribution in [0.2, 0.25) is 0 Å². The summed E-state index contributed by atoms with van der Waals surface area (Å²) >= 11 is 0. The molecule has 0 spiro atoms. The van der Waals surface area contributed by atoms with Gasteiger partial charge in [-0.15, -0.1) is 0 Å². The SMILES string of the molecule is CCCNC(C)c1ccc(OCCN2CCCCC2)cn1. The second-order valence-electron chi connectivity index (χ2n) is 5.85. The molecule has 0 amide bonds. The minimum Gasteiger partial charge on any atom is -0.491 e. The molecule has 0 aliphatic carbocycles. The maximum Gasteiger partial charge on any atom is 0.137 e. The summed E-state index contributed by atoms with van der Waals surface area (Å²) in [5.74, 6) is 0.874. The molecule has 2 heterocycles. The van der Waals surface area contributed by atoms with E-state index in [2.05, 4.69) is 35.1 Å². The normalized spacial score (nSPS) is 17.6. The molecule has 1 unspecified atom stereocenters. The first-order valence-corrected chi connectivity index (χ1v) is 8.34. The third-order valence-corrected chi connectivity index (χ3v) is 4.03. The Hall–Kier alpha value is -1.13. The zero-order valence-corrected chi connectivity index (χ0v) is 13.5. The standard InChI is InChI=1S/C17H29N3O/c1-3-9-18-15(2)17-8-7-16(14-19-17)21-13-12-20-10-5-4-6-11-20/h7-8,14-15,18H,3-6,9-13H2,1-2H3. The number of nitrogens with one attached hydrogen (secondary N) is 1. The van der Waals surface area contributed by atoms with Gasteiger partial charge in [0, 0.05) is 12.6 Å². The fraction of sp³-hybridized carbons (Fsp3) is 0.706. The third kappa shape index (κ3) is 5.64. The Morgan fingerprint density at radius 2 is 2.10 bits per heavy atom. The molecule has 1 aliphatic rings. The van der Waals surface area contributed by atoms with Crippen LogP contribution in [0, 0.1) is 0 Å². The Morgan fingerprint density at radius 3 is 2.76 bits per heavy atom. The van der Waals surface area contributed by atoms with Crippen molar-refractivity contribution in [3.05, 3.63) is 24.0 Å². The van der Waals surface area contributed by atoms with Gasteiger partial charge < -0.3 is 10.1 Å². The van der Waals surface area contributed by atoms with Crippen LogP contribution in [0.1, 0.15) is 51.3 Å². The highest BCUT2D eigenvalue weighted by Crippen LogP contribution is 2.15. The van der Waals surface area contributed by atoms with Crippen LogP contribution in [0.25, 0.3) is 0 Å². The lowest BCUT2D eigenvalue weighted by atomic mass is 10.1. The highest BCUT2D eigenvalue weighted by molar-refractivity contribution is 5.21. The van der Waals surface area contributed by atoms with Crippen LogP contribution in [0.15, 0.2) is 18.3 Å². The lowest BCUT2D eigenvalue weighted by molar-refractivity contribution is 0.183. The highest BCUT2D eigenvalue weighted by atomic mass is 16.5. The minimum absolute atomic E-state index is 0.298. The Balaban J connectivity index is 1.71. The van der Waals surface area contributed by atoms with Gasteiger partial charge in [0.2, 0.25) is 0 Å². The Morgan fingerprint density at radius 1 is 1.29 bits per heavy atom. The van der Waals surface area contributed by atoms with E-state index in [0.717, 1.165) is 37.6 Å². The zero-order valence-electron chi connectivity index (χ0n) is 13.5. The second-order valence-corrected chi connectivity index (χ2v) is 5.85. The van der Waals surface area contributed by atoms with Crippen molar-refractivity contribution in [3.63, 3.8) is 0 Å². The molecular formula is C17H29N3O. The molecule has 0 radical (unpaired) electrons. The lowest BCUT2D eigenvalue weighted by Crippen LogP contribution is -2.33. The number of ether oxygens (including phenoxy) is 1. The van der Waals surface area contributed by atoms with Crippen LogP contribution < -0.4 is 10.1 Å². The summed E-state index contributed by atoms with van der Waals surface area (Å²) in [6.07, 6.45) is 7.03. The molecule has 1 atom stereocenters. The van der Waals surface area contributed by atoms with E-state index in [1.54, 1.807) is 0 Å². The van der Waals surface area contributed by atoms with Crippen LogP contribution in [0.4, 0.5) is 0 Å². The summed E-state index contributed by atoms with van der Waals surface area (Å²) in [4.78, 5) is 6.98. The van der Waals surface area contributed by atoms with Crippen molar-refractivity contribution in [3.8, 4) is 5.75 Å². The molecule has 0 aromatic carbocycles. The van der Waals surface area contributed by atoms with E-state index in [0.29, 0.717) is 6.04 Å². The van der Waals surface area contributed by atoms with E-state index < -0.39 is 0 Å². The van der Waals surface area contributed by atoms with E-state index in [4.69, 9.17) is 4.74 Å². The highest BCUT2D eigenvalue weighted by Gasteiger charge is 2.10. The van der Waals surface area contributed by atoms with E-state index in [-0.39, 0.29) is 0 Å². The Kier molecular flexibility index (Phi) is 6.96. The van der Waals surface area contributed by atoms with Crippen LogP contribution in [-0.2, 0) is 0 Å². The summed E-state index contributed by atoms with van der Waals surface area (Å²) in [5.41, 5.74) is 1.08. The van der Waals surface area contributed by atoms with Crippen LogP contribution in [0.3, 0.4) is 0 Å². The average molecular weight is 291 g/mol. The molecule has 118 valence electrons. The molecule has 0 saturated carbocycles. The number of hydrogen-bond donors (Lipinski definition) is 1. The first kappa shape index (κ1) is 16.2. The summed E-state index contributed by atoms with van der Waals surface area (Å²) in [6.45, 7) is 9.57. The van der Waals surface area contributed by atoms with Gasteiger partial charge in [0.15, 0.2) is 0 Å². The molecule has 1 aromatic rings. The number of aromatic nitrogens is 1. The van der Waals surface area contributed by atoms with Crippen LogP contribution in [-0.4, -0.2) is 42.7 Å². The van der Waals surface area contributed by atoms with Crippen molar-refractivity contribution < 1.29 is 4.74 Å². The van der Waals surface area contributed by atoms with Crippen molar-refractivity contribution in [2.45, 2.75) is 45.6 Å². The molecule has 21 heavy (non-hydrogen) atoms. The molecule has 4 nitrogen and oxygen atoms in total. The van der Waals surface area contributed by atoms with Gasteiger partial charge in [-0.05, 0) is 58.0 Å². The van der Waals surface area contributed by atoms with Gasteiger partial charge in [-0.3, -0.25) is 9.88 Å². The fourth-order valence-corrected chi connectivity index (χ4v) is 2.67. The second kappa shape index (κ2) is 9.00. The Labute approximate surface area is 128 Å². The van der Waals surface area contributed by atoms with Gasteiger partial charge >= 0.3 is 0 Å². The summed E-state index contributed by atoms with van der Waals surface area (Å²) in [7, 11) is 0. The van der Waals surface area contributed by atoms with Crippen molar-refractivity contribution in [1.82, 2.24) is 15.2 Å². The summed E-state index contributed by atoms with van der Waals surface area (Å²) in [6, 6.07) is 4.39. The van der Waals surface area contributed by atoms with Crippen LogP contribution in [0.5, 0.6) is 5.75 Å². The van der Waals surface area contributed by atoms with Gasteiger partial charge in [0.1, 0.15) is 12.4 Å². The number of rotatable bonds is 8. The molecule has 1 saturated heterocycles. The van der Waals surface area contributed by atoms with Gasteiger partial charge in [0.05, 0.1) is 11.9 Å². The largest absolute Gasteiger partial charge is 0.491 e. The topological polar surface area (TPSA) is 37.4 Å². The minimum atomic E-state index is 0.298. The quantitative estimate of drug-likeness (QED) is 0.799. The predicted molar refractivity (Wildman–Crippen MR) is 86.7 cm³/mol. The average Bonchev–Trinajstić information content (AvgIpc) is 2.54. The zero-order chi connectivity index (χ0) is 14.9. The molecule has 4 heteroatoms. The smallest absolute Gasteiger partial charge is 0.137 e. The monoisotopic (exact) mass is 291 g/mol. The molecule has 1 fully saturated rings.